The second-order valence-corrected chi connectivity index (χ2v) is 17.2. The highest BCUT2D eigenvalue weighted by atomic mass is 19.4. The van der Waals surface area contributed by atoms with Gasteiger partial charge in [-0.15, -0.1) is 5.43 Å². The normalized spacial score (nSPS) is 33.7. The number of benzene rings is 3. The summed E-state index contributed by atoms with van der Waals surface area (Å²) in [6, 6.07) is 17.2. The van der Waals surface area contributed by atoms with Crippen LogP contribution in [0.1, 0.15) is 88.2 Å². The fourth-order valence-electron chi connectivity index (χ4n) is 12.0. The number of fused-ring (bicyclic) bond motifs is 1. The van der Waals surface area contributed by atoms with Crippen LogP contribution in [-0.4, -0.2) is 17.8 Å². The van der Waals surface area contributed by atoms with E-state index in [4.69, 9.17) is 14.9 Å². The molecule has 8 bridgehead atoms. The molecule has 0 atom stereocenters. The molecule has 0 aromatic heterocycles. The van der Waals surface area contributed by atoms with Crippen LogP contribution < -0.4 is 19.9 Å². The van der Waals surface area contributed by atoms with Crippen LogP contribution >= 0.6 is 0 Å². The molecule has 8 aliphatic carbocycles. The number of alkyl halides is 3. The predicted molar refractivity (Wildman–Crippen MR) is 187 cm³/mol. The van der Waals surface area contributed by atoms with E-state index >= 15 is 0 Å². The SMILES string of the molecule is O=C(Oc1ccc(C2=Nc3ccc(C(F)(F)F)cc3N(c3ccc(OC(=O)C45CC6CC(CC(C6)C4)C5)cc3)[N]2)cc1)C12CC3CC(CC(C3)C1)C2. The molecule has 7 nitrogen and oxygen atoms in total. The van der Waals surface area contributed by atoms with Gasteiger partial charge in [-0.25, -0.2) is 10.0 Å². The molecule has 269 valence electrons. The van der Waals surface area contributed by atoms with E-state index in [1.54, 1.807) is 48.5 Å². The Labute approximate surface area is 300 Å². The second-order valence-electron chi connectivity index (χ2n) is 17.2. The van der Waals surface area contributed by atoms with Gasteiger partial charge in [-0.3, -0.25) is 9.59 Å². The summed E-state index contributed by atoms with van der Waals surface area (Å²) in [6.07, 6.45) is 8.29. The van der Waals surface area contributed by atoms with Gasteiger partial charge in [0, 0.05) is 5.56 Å². The molecule has 0 unspecified atom stereocenters. The third-order valence-electron chi connectivity index (χ3n) is 13.5. The molecule has 1 aliphatic heterocycles. The van der Waals surface area contributed by atoms with Gasteiger partial charge < -0.3 is 9.47 Å². The Morgan fingerprint density at radius 1 is 0.635 bits per heavy atom. The Balaban J connectivity index is 0.887. The van der Waals surface area contributed by atoms with Crippen LogP contribution in [0.15, 0.2) is 71.7 Å². The van der Waals surface area contributed by atoms with Crippen LogP contribution in [-0.2, 0) is 15.8 Å². The van der Waals surface area contributed by atoms with E-state index in [2.05, 4.69) is 4.99 Å². The molecule has 3 aromatic rings. The first kappa shape index (κ1) is 32.3. The Morgan fingerprint density at radius 3 is 1.52 bits per heavy atom. The molecule has 0 spiro atoms. The van der Waals surface area contributed by atoms with Crippen molar-refractivity contribution >= 4 is 34.8 Å². The lowest BCUT2D eigenvalue weighted by atomic mass is 9.49. The van der Waals surface area contributed by atoms with Crippen molar-refractivity contribution in [2.75, 3.05) is 5.01 Å². The van der Waals surface area contributed by atoms with Gasteiger partial charge in [0.1, 0.15) is 11.5 Å². The zero-order valence-corrected chi connectivity index (χ0v) is 28.9. The minimum atomic E-state index is -4.55. The van der Waals surface area contributed by atoms with E-state index < -0.39 is 17.2 Å². The number of hydrogen-bond acceptors (Lipinski definition) is 6. The Kier molecular flexibility index (Phi) is 7.20. The summed E-state index contributed by atoms with van der Waals surface area (Å²) in [5.74, 6) is 4.56. The van der Waals surface area contributed by atoms with E-state index in [-0.39, 0.29) is 23.0 Å². The minimum Gasteiger partial charge on any atom is -0.426 e. The summed E-state index contributed by atoms with van der Waals surface area (Å²) < 4.78 is 53.5. The van der Waals surface area contributed by atoms with Crippen LogP contribution in [0.3, 0.4) is 0 Å². The van der Waals surface area contributed by atoms with Gasteiger partial charge in [-0.05, 0) is 179 Å². The summed E-state index contributed by atoms with van der Waals surface area (Å²) in [5.41, 5.74) is 4.74. The number of nitrogens with zero attached hydrogens (tertiary/aromatic N) is 3. The Bertz CT molecular complexity index is 1900. The number of amidine groups is 1. The summed E-state index contributed by atoms with van der Waals surface area (Å²) in [7, 11) is 0. The predicted octanol–water partition coefficient (Wildman–Crippen LogP) is 9.70. The zero-order chi connectivity index (χ0) is 35.4. The molecule has 1 radical (unpaired) electrons. The highest BCUT2D eigenvalue weighted by molar-refractivity contribution is 6.05. The average Bonchev–Trinajstić information content (AvgIpc) is 3.10. The van der Waals surface area contributed by atoms with Crippen molar-refractivity contribution in [2.45, 2.75) is 83.2 Å². The number of carbonyl (C=O) groups excluding carboxylic acids is 2. The largest absolute Gasteiger partial charge is 0.426 e. The van der Waals surface area contributed by atoms with E-state index in [9.17, 15) is 22.8 Å². The highest BCUT2D eigenvalue weighted by Crippen LogP contribution is 2.61. The number of anilines is 2. The van der Waals surface area contributed by atoms with Gasteiger partial charge in [-0.1, -0.05) is 0 Å². The third kappa shape index (κ3) is 5.50. The molecule has 1 heterocycles. The molecular formula is C42H41F3N3O4. The van der Waals surface area contributed by atoms with Crippen molar-refractivity contribution in [2.24, 2.45) is 51.3 Å². The first-order valence-corrected chi connectivity index (χ1v) is 19.0. The van der Waals surface area contributed by atoms with Gasteiger partial charge in [0.05, 0.1) is 33.5 Å². The topological polar surface area (TPSA) is 82.3 Å². The average molecular weight is 709 g/mol. The quantitative estimate of drug-likeness (QED) is 0.188. The molecule has 52 heavy (non-hydrogen) atoms. The van der Waals surface area contributed by atoms with Crippen molar-refractivity contribution in [1.82, 2.24) is 5.43 Å². The number of hydrogen-bond donors (Lipinski definition) is 0. The fraction of sp³-hybridized carbons (Fsp3) is 0.500. The van der Waals surface area contributed by atoms with Gasteiger partial charge in [-0.2, -0.15) is 13.2 Å². The summed E-state index contributed by atoms with van der Waals surface area (Å²) in [4.78, 5) is 31.7. The van der Waals surface area contributed by atoms with Crippen LogP contribution in [0.4, 0.5) is 30.2 Å². The van der Waals surface area contributed by atoms with Gasteiger partial charge in [0.2, 0.25) is 0 Å². The number of rotatable bonds is 6. The maximum atomic E-state index is 13.8. The Morgan fingerprint density at radius 2 is 1.08 bits per heavy atom. The maximum Gasteiger partial charge on any atom is 0.416 e. The maximum absolute atomic E-state index is 13.8. The number of ether oxygens (including phenoxy) is 2. The van der Waals surface area contributed by atoms with Crippen LogP contribution in [0.5, 0.6) is 11.5 Å². The lowest BCUT2D eigenvalue weighted by Crippen LogP contribution is -2.51. The fourth-order valence-corrected chi connectivity index (χ4v) is 12.0. The van der Waals surface area contributed by atoms with Gasteiger partial charge >= 0.3 is 18.1 Å². The van der Waals surface area contributed by atoms with Crippen LogP contribution in [0.25, 0.3) is 0 Å². The van der Waals surface area contributed by atoms with Crippen molar-refractivity contribution in [3.8, 4) is 11.5 Å². The molecule has 8 fully saturated rings. The van der Waals surface area contributed by atoms with E-state index in [1.807, 2.05) is 0 Å². The molecule has 0 saturated heterocycles. The van der Waals surface area contributed by atoms with Crippen molar-refractivity contribution < 1.29 is 32.2 Å². The monoisotopic (exact) mass is 708 g/mol. The molecule has 0 amide bonds. The smallest absolute Gasteiger partial charge is 0.416 e. The van der Waals surface area contributed by atoms with Crippen molar-refractivity contribution in [3.05, 3.63) is 77.9 Å². The number of aliphatic imine (C=N–C) groups is 1. The molecular weight excluding hydrogens is 667 g/mol. The number of halogens is 3. The van der Waals surface area contributed by atoms with E-state index in [0.29, 0.717) is 69.8 Å². The minimum absolute atomic E-state index is 0.133. The van der Waals surface area contributed by atoms with E-state index in [1.165, 1.54) is 49.6 Å². The molecule has 3 aromatic carbocycles. The van der Waals surface area contributed by atoms with E-state index in [0.717, 1.165) is 50.7 Å². The Hall–Kier alpha value is -4.34. The van der Waals surface area contributed by atoms with Crippen molar-refractivity contribution in [3.63, 3.8) is 0 Å². The number of carbonyl (C=O) groups is 2. The van der Waals surface area contributed by atoms with Crippen molar-refractivity contribution in [1.29, 1.82) is 0 Å². The summed E-state index contributed by atoms with van der Waals surface area (Å²) >= 11 is 0. The third-order valence-corrected chi connectivity index (χ3v) is 13.5. The standard InChI is InChI=1S/C42H41F3N3O4/c43-42(44,45)31-3-10-35-36(17-31)48(32-4-8-34(9-5-32)52-39(50)41-21-27-14-28(22-41)16-29(15-27)23-41)47-37(46-35)30-1-6-33(7-2-30)51-38(49)40-18-24-11-25(19-40)13-26(12-24)20-40/h1-10,17,24-29H,11-16,18-23H2. The van der Waals surface area contributed by atoms with Crippen LogP contribution in [0, 0.1) is 46.3 Å². The first-order chi connectivity index (χ1) is 25.0. The molecule has 8 saturated carbocycles. The molecule has 12 rings (SSSR count). The lowest BCUT2D eigenvalue weighted by molar-refractivity contribution is -0.162. The lowest BCUT2D eigenvalue weighted by Gasteiger charge is -2.55. The summed E-state index contributed by atoms with van der Waals surface area (Å²) in [6.45, 7) is 0. The number of esters is 2. The zero-order valence-electron chi connectivity index (χ0n) is 28.9. The summed E-state index contributed by atoms with van der Waals surface area (Å²) in [5, 5.41) is 1.44. The molecule has 9 aliphatic rings. The molecule has 0 N–H and O–H groups in total. The second kappa shape index (κ2) is 11.6. The first-order valence-electron chi connectivity index (χ1n) is 19.0. The molecule has 10 heteroatoms. The highest BCUT2D eigenvalue weighted by Gasteiger charge is 2.57. The van der Waals surface area contributed by atoms with Gasteiger partial charge in [0.15, 0.2) is 5.84 Å². The van der Waals surface area contributed by atoms with Crippen LogP contribution in [0.2, 0.25) is 0 Å². The van der Waals surface area contributed by atoms with Gasteiger partial charge in [0.25, 0.3) is 0 Å².